The number of hydrogen-bond donors (Lipinski definition) is 1. The topological polar surface area (TPSA) is 147 Å². The monoisotopic (exact) mass is 478 g/mol. The Kier molecular flexibility index (Phi) is 7.63. The molecular weight excluding hydrogens is 464 g/mol. The molecule has 13 heteroatoms. The van der Waals surface area contributed by atoms with Gasteiger partial charge in [0.25, 0.3) is 16.8 Å². The Morgan fingerprint density at radius 2 is 1.97 bits per heavy atom. The molecular formula is C19H15ClN4O7S. The van der Waals surface area contributed by atoms with Crippen LogP contribution in [0.1, 0.15) is 0 Å². The van der Waals surface area contributed by atoms with Crippen LogP contribution < -0.4 is 10.1 Å². The molecule has 0 saturated carbocycles. The first-order valence-electron chi connectivity index (χ1n) is 8.86. The fourth-order valence-corrected chi connectivity index (χ4v) is 3.05. The van der Waals surface area contributed by atoms with Crippen molar-refractivity contribution in [1.82, 2.24) is 10.2 Å². The van der Waals surface area contributed by atoms with Gasteiger partial charge in [-0.3, -0.25) is 19.7 Å². The quantitative estimate of drug-likeness (QED) is 0.209. The summed E-state index contributed by atoms with van der Waals surface area (Å²) in [6.07, 6.45) is 0. The van der Waals surface area contributed by atoms with E-state index >= 15 is 0 Å². The number of rotatable bonds is 9. The van der Waals surface area contributed by atoms with Crippen LogP contribution in [0.5, 0.6) is 5.75 Å². The molecule has 2 aromatic carbocycles. The van der Waals surface area contributed by atoms with Crippen LogP contribution >= 0.6 is 23.4 Å². The van der Waals surface area contributed by atoms with Gasteiger partial charge in [-0.25, -0.2) is 0 Å². The molecule has 0 aliphatic rings. The second-order valence-corrected chi connectivity index (χ2v) is 7.38. The number of benzene rings is 2. The number of halogens is 1. The van der Waals surface area contributed by atoms with Gasteiger partial charge in [-0.2, -0.15) is 0 Å². The minimum absolute atomic E-state index is 0.0492. The Morgan fingerprint density at radius 1 is 1.22 bits per heavy atom. The van der Waals surface area contributed by atoms with Crippen molar-refractivity contribution in [3.8, 4) is 17.2 Å². The molecule has 11 nitrogen and oxygen atoms in total. The largest absolute Gasteiger partial charge is 0.496 e. The summed E-state index contributed by atoms with van der Waals surface area (Å²) in [7, 11) is 1.36. The standard InChI is InChI=1S/C19H15ClN4O7S/c1-29-13-6-7-14(15(8-13)24(27)28)21-16(25)9-30-17(26)10-32-19-23-22-18(31-19)11-2-4-12(20)5-3-11/h2-8H,9-10H2,1H3,(H,21,25). The molecule has 1 aromatic heterocycles. The molecule has 166 valence electrons. The number of carbonyl (C=O) groups is 2. The Hall–Kier alpha value is -3.64. The highest BCUT2D eigenvalue weighted by atomic mass is 35.5. The lowest BCUT2D eigenvalue weighted by Crippen LogP contribution is -2.22. The molecule has 32 heavy (non-hydrogen) atoms. The van der Waals surface area contributed by atoms with Crippen molar-refractivity contribution in [3.05, 3.63) is 57.6 Å². The van der Waals surface area contributed by atoms with Crippen LogP contribution in [0.4, 0.5) is 11.4 Å². The first kappa shape index (κ1) is 23.0. The third-order valence-electron chi connectivity index (χ3n) is 3.85. The molecule has 0 radical (unpaired) electrons. The number of anilines is 1. The van der Waals surface area contributed by atoms with Gasteiger partial charge in [-0.05, 0) is 36.4 Å². The van der Waals surface area contributed by atoms with Gasteiger partial charge in [0.2, 0.25) is 5.89 Å². The van der Waals surface area contributed by atoms with E-state index in [9.17, 15) is 19.7 Å². The van der Waals surface area contributed by atoms with Crippen molar-refractivity contribution in [2.75, 3.05) is 24.8 Å². The molecule has 1 N–H and O–H groups in total. The van der Waals surface area contributed by atoms with Crippen molar-refractivity contribution in [2.24, 2.45) is 0 Å². The number of aromatic nitrogens is 2. The van der Waals surface area contributed by atoms with Gasteiger partial charge >= 0.3 is 5.97 Å². The van der Waals surface area contributed by atoms with E-state index in [0.717, 1.165) is 11.8 Å². The molecule has 0 atom stereocenters. The van der Waals surface area contributed by atoms with Gasteiger partial charge in [-0.15, -0.1) is 10.2 Å². The number of nitrogens with zero attached hydrogens (tertiary/aromatic N) is 3. The number of nitro benzene ring substituents is 1. The van der Waals surface area contributed by atoms with Crippen molar-refractivity contribution in [1.29, 1.82) is 0 Å². The third kappa shape index (κ3) is 6.18. The van der Waals surface area contributed by atoms with E-state index in [2.05, 4.69) is 15.5 Å². The summed E-state index contributed by atoms with van der Waals surface area (Å²) < 4.78 is 15.3. The zero-order chi connectivity index (χ0) is 23.1. The number of esters is 1. The van der Waals surface area contributed by atoms with Crippen LogP contribution in [-0.4, -0.2) is 46.5 Å². The molecule has 1 heterocycles. The van der Waals surface area contributed by atoms with E-state index in [0.29, 0.717) is 10.6 Å². The van der Waals surface area contributed by atoms with E-state index in [1.807, 2.05) is 0 Å². The summed E-state index contributed by atoms with van der Waals surface area (Å²) >= 11 is 6.77. The first-order valence-corrected chi connectivity index (χ1v) is 10.2. The van der Waals surface area contributed by atoms with Crippen molar-refractivity contribution >= 4 is 46.6 Å². The van der Waals surface area contributed by atoms with Gasteiger partial charge in [0.05, 0.1) is 18.1 Å². The van der Waals surface area contributed by atoms with Crippen LogP contribution in [-0.2, 0) is 14.3 Å². The summed E-state index contributed by atoms with van der Waals surface area (Å²) in [4.78, 5) is 34.4. The Balaban J connectivity index is 1.48. The fraction of sp³-hybridized carbons (Fsp3) is 0.158. The number of thioether (sulfide) groups is 1. The molecule has 1 amide bonds. The highest BCUT2D eigenvalue weighted by Gasteiger charge is 2.18. The van der Waals surface area contributed by atoms with Crippen LogP contribution in [0.3, 0.4) is 0 Å². The lowest BCUT2D eigenvalue weighted by Gasteiger charge is -2.08. The second-order valence-electron chi connectivity index (χ2n) is 6.02. The van der Waals surface area contributed by atoms with Gasteiger partial charge in [0, 0.05) is 10.6 Å². The van der Waals surface area contributed by atoms with Crippen molar-refractivity contribution in [2.45, 2.75) is 5.22 Å². The zero-order valence-electron chi connectivity index (χ0n) is 16.4. The maximum absolute atomic E-state index is 12.0. The number of nitro groups is 1. The lowest BCUT2D eigenvalue weighted by molar-refractivity contribution is -0.384. The Morgan fingerprint density at radius 3 is 2.66 bits per heavy atom. The minimum Gasteiger partial charge on any atom is -0.496 e. The summed E-state index contributed by atoms with van der Waals surface area (Å²) in [6.45, 7) is -0.623. The summed E-state index contributed by atoms with van der Waals surface area (Å²) in [6, 6.07) is 10.7. The van der Waals surface area contributed by atoms with Crippen LogP contribution in [0.15, 0.2) is 52.1 Å². The minimum atomic E-state index is -0.737. The van der Waals surface area contributed by atoms with Crippen LogP contribution in [0.2, 0.25) is 5.02 Å². The molecule has 0 saturated heterocycles. The maximum atomic E-state index is 12.0. The number of nitrogens with one attached hydrogen (secondary N) is 1. The Labute approximate surface area is 190 Å². The maximum Gasteiger partial charge on any atom is 0.316 e. The second kappa shape index (κ2) is 10.6. The number of hydrogen-bond acceptors (Lipinski definition) is 10. The first-order chi connectivity index (χ1) is 15.4. The van der Waals surface area contributed by atoms with Crippen molar-refractivity contribution < 1.29 is 28.4 Å². The van der Waals surface area contributed by atoms with Crippen molar-refractivity contribution in [3.63, 3.8) is 0 Å². The molecule has 3 rings (SSSR count). The van der Waals surface area contributed by atoms with E-state index in [1.165, 1.54) is 25.3 Å². The predicted octanol–water partition coefficient (Wildman–Crippen LogP) is 3.58. The van der Waals surface area contributed by atoms with Crippen LogP contribution in [0.25, 0.3) is 11.5 Å². The lowest BCUT2D eigenvalue weighted by atomic mass is 10.2. The molecule has 3 aromatic rings. The van der Waals surface area contributed by atoms with E-state index in [4.69, 9.17) is 25.5 Å². The van der Waals surface area contributed by atoms with Gasteiger partial charge < -0.3 is 19.2 Å². The SMILES string of the molecule is COc1ccc(NC(=O)COC(=O)CSc2nnc(-c3ccc(Cl)cc3)o2)c([N+](=O)[O-])c1. The smallest absolute Gasteiger partial charge is 0.316 e. The normalized spacial score (nSPS) is 10.4. The predicted molar refractivity (Wildman–Crippen MR) is 115 cm³/mol. The zero-order valence-corrected chi connectivity index (χ0v) is 18.0. The number of ether oxygens (including phenoxy) is 2. The summed E-state index contributed by atoms with van der Waals surface area (Å²) in [5.41, 5.74) is 0.264. The molecule has 0 bridgehead atoms. The number of amides is 1. The molecule has 0 aliphatic heterocycles. The third-order valence-corrected chi connectivity index (χ3v) is 4.90. The van der Waals surface area contributed by atoms with Gasteiger partial charge in [0.15, 0.2) is 6.61 Å². The van der Waals surface area contributed by atoms with E-state index in [1.54, 1.807) is 24.3 Å². The highest BCUT2D eigenvalue weighted by Crippen LogP contribution is 2.29. The van der Waals surface area contributed by atoms with Crippen LogP contribution in [0, 0.1) is 10.1 Å². The molecule has 0 aliphatic carbocycles. The van der Waals surface area contributed by atoms with E-state index in [-0.39, 0.29) is 34.0 Å². The van der Waals surface area contributed by atoms with Gasteiger partial charge in [-0.1, -0.05) is 23.4 Å². The molecule has 0 unspecified atom stereocenters. The number of carbonyl (C=O) groups excluding carboxylic acids is 2. The Bertz CT molecular complexity index is 1140. The van der Waals surface area contributed by atoms with Gasteiger partial charge in [0.1, 0.15) is 17.2 Å². The number of methoxy groups -OCH3 is 1. The summed E-state index contributed by atoms with van der Waals surface area (Å²) in [5, 5.41) is 21.9. The highest BCUT2D eigenvalue weighted by molar-refractivity contribution is 7.99. The summed E-state index contributed by atoms with van der Waals surface area (Å²) in [5.74, 6) is -1.10. The average Bonchev–Trinajstić information content (AvgIpc) is 3.26. The molecule has 0 fully saturated rings. The molecule has 0 spiro atoms. The fourth-order valence-electron chi connectivity index (χ4n) is 2.37. The van der Waals surface area contributed by atoms with E-state index < -0.39 is 23.4 Å². The average molecular weight is 479 g/mol.